The maximum Gasteiger partial charge on any atom is 0.328 e. The van der Waals surface area contributed by atoms with Crippen molar-refractivity contribution < 1.29 is 9.59 Å². The zero-order valence-electron chi connectivity index (χ0n) is 17.3. The van der Waals surface area contributed by atoms with Crippen molar-refractivity contribution in [2.45, 2.75) is 19.9 Å². The van der Waals surface area contributed by atoms with Gasteiger partial charge in [0.25, 0.3) is 5.91 Å². The molecule has 2 aromatic heterocycles. The second-order valence-corrected chi connectivity index (χ2v) is 8.16. The predicted molar refractivity (Wildman–Crippen MR) is 122 cm³/mol. The summed E-state index contributed by atoms with van der Waals surface area (Å²) in [4.78, 5) is 27.8. The molecule has 4 rings (SSSR count). The molecule has 2 heterocycles. The second-order valence-electron chi connectivity index (χ2n) is 7.72. The van der Waals surface area contributed by atoms with Crippen molar-refractivity contribution in [3.63, 3.8) is 0 Å². The summed E-state index contributed by atoms with van der Waals surface area (Å²) < 4.78 is 3.65. The number of halogens is 1. The fraction of sp³-hybridized carbons (Fsp3) is 0.217. The lowest BCUT2D eigenvalue weighted by Crippen LogP contribution is -2.30. The molecule has 0 aliphatic rings. The topological polar surface area (TPSA) is 59.3 Å². The smallest absolute Gasteiger partial charge is 0.328 e. The van der Waals surface area contributed by atoms with Crippen LogP contribution in [0, 0.1) is 0 Å². The summed E-state index contributed by atoms with van der Waals surface area (Å²) >= 11 is 6.04. The molecule has 0 aliphatic heterocycles. The summed E-state index contributed by atoms with van der Waals surface area (Å²) in [6.07, 6.45) is 0. The van der Waals surface area contributed by atoms with Crippen LogP contribution in [0.1, 0.15) is 30.4 Å². The van der Waals surface area contributed by atoms with Crippen molar-refractivity contribution in [1.82, 2.24) is 14.0 Å². The van der Waals surface area contributed by atoms with Gasteiger partial charge in [-0.25, -0.2) is 4.79 Å². The van der Waals surface area contributed by atoms with E-state index >= 15 is 0 Å². The number of para-hydroxylation sites is 1. The van der Waals surface area contributed by atoms with Crippen LogP contribution < -0.4 is 5.32 Å². The minimum atomic E-state index is -0.372. The number of hydrogen-bond donors (Lipinski definition) is 1. The molecule has 0 fully saturated rings. The number of benzene rings is 2. The summed E-state index contributed by atoms with van der Waals surface area (Å²) in [6, 6.07) is 16.5. The largest absolute Gasteiger partial charge is 0.337 e. The van der Waals surface area contributed by atoms with E-state index in [0.29, 0.717) is 10.7 Å². The van der Waals surface area contributed by atoms with Crippen LogP contribution in [-0.4, -0.2) is 40.1 Å². The van der Waals surface area contributed by atoms with Crippen molar-refractivity contribution in [2.24, 2.45) is 0 Å². The number of fused-ring (bicyclic) bond motifs is 3. The van der Waals surface area contributed by atoms with E-state index in [2.05, 4.69) is 23.7 Å². The Kier molecular flexibility index (Phi) is 5.03. The summed E-state index contributed by atoms with van der Waals surface area (Å²) in [5, 5.41) is 4.31. The highest BCUT2D eigenvalue weighted by Crippen LogP contribution is 2.34. The monoisotopic (exact) mass is 422 g/mol. The quantitative estimate of drug-likeness (QED) is 0.466. The van der Waals surface area contributed by atoms with E-state index in [-0.39, 0.29) is 23.7 Å². The van der Waals surface area contributed by atoms with Gasteiger partial charge in [0.05, 0.1) is 16.6 Å². The Bertz CT molecular complexity index is 1280. The standard InChI is InChI=1S/C23H23ClN4O2/c1-14(2)27-18-11-6-5-10-17(18)21-19(27)13-20(28(21)23(30)26(3)4)22(29)25-16-9-7-8-15(24)12-16/h5-14H,1-4H3,(H,25,29). The summed E-state index contributed by atoms with van der Waals surface area (Å²) in [6.45, 7) is 4.17. The molecule has 7 heteroatoms. The number of hydrogen-bond acceptors (Lipinski definition) is 2. The van der Waals surface area contributed by atoms with Crippen LogP contribution in [0.5, 0.6) is 0 Å². The molecule has 0 saturated heterocycles. The van der Waals surface area contributed by atoms with E-state index in [4.69, 9.17) is 11.6 Å². The van der Waals surface area contributed by atoms with Crippen LogP contribution in [-0.2, 0) is 0 Å². The third-order valence-electron chi connectivity index (χ3n) is 5.06. The SMILES string of the molecule is CC(C)n1c2ccccc2c2c1cc(C(=O)Nc1cccc(Cl)c1)n2C(=O)N(C)C. The highest BCUT2D eigenvalue weighted by Gasteiger charge is 2.27. The number of amides is 2. The number of aromatic nitrogens is 2. The molecule has 0 aliphatic carbocycles. The van der Waals surface area contributed by atoms with Gasteiger partial charge in [0.2, 0.25) is 0 Å². The molecule has 1 N–H and O–H groups in total. The first-order chi connectivity index (χ1) is 14.3. The third kappa shape index (κ3) is 3.23. The summed E-state index contributed by atoms with van der Waals surface area (Å²) in [7, 11) is 3.35. The maximum absolute atomic E-state index is 13.2. The molecule has 0 bridgehead atoms. The zero-order chi connectivity index (χ0) is 21.6. The maximum atomic E-state index is 13.2. The molecule has 0 atom stereocenters. The molecule has 0 spiro atoms. The fourth-order valence-corrected chi connectivity index (χ4v) is 4.03. The highest BCUT2D eigenvalue weighted by molar-refractivity contribution is 6.31. The molecule has 30 heavy (non-hydrogen) atoms. The van der Waals surface area contributed by atoms with Crippen LogP contribution in [0.4, 0.5) is 10.5 Å². The molecule has 4 aromatic rings. The zero-order valence-corrected chi connectivity index (χ0v) is 18.1. The number of nitrogens with zero attached hydrogens (tertiary/aromatic N) is 3. The van der Waals surface area contributed by atoms with Gasteiger partial charge in [0.15, 0.2) is 0 Å². The van der Waals surface area contributed by atoms with Gasteiger partial charge in [-0.3, -0.25) is 9.36 Å². The molecule has 0 radical (unpaired) electrons. The first-order valence-electron chi connectivity index (χ1n) is 9.72. The average molecular weight is 423 g/mol. The normalized spacial score (nSPS) is 11.4. The van der Waals surface area contributed by atoms with Gasteiger partial charge in [-0.05, 0) is 44.2 Å². The van der Waals surface area contributed by atoms with Gasteiger partial charge in [-0.15, -0.1) is 0 Å². The van der Waals surface area contributed by atoms with E-state index in [1.165, 1.54) is 9.47 Å². The number of rotatable bonds is 3. The number of nitrogens with one attached hydrogen (secondary N) is 1. The highest BCUT2D eigenvalue weighted by atomic mass is 35.5. The van der Waals surface area contributed by atoms with Crippen molar-refractivity contribution >= 4 is 51.2 Å². The van der Waals surface area contributed by atoms with Crippen LogP contribution in [0.3, 0.4) is 0 Å². The molecular formula is C23H23ClN4O2. The van der Waals surface area contributed by atoms with E-state index in [0.717, 1.165) is 21.9 Å². The van der Waals surface area contributed by atoms with Crippen LogP contribution in [0.25, 0.3) is 21.9 Å². The Hall–Kier alpha value is -3.25. The van der Waals surface area contributed by atoms with Gasteiger partial charge >= 0.3 is 6.03 Å². The van der Waals surface area contributed by atoms with Gasteiger partial charge in [-0.1, -0.05) is 35.9 Å². The minimum absolute atomic E-state index is 0.154. The lowest BCUT2D eigenvalue weighted by Gasteiger charge is -2.15. The Labute approximate surface area is 179 Å². The van der Waals surface area contributed by atoms with E-state index < -0.39 is 0 Å². The van der Waals surface area contributed by atoms with Crippen molar-refractivity contribution in [3.8, 4) is 0 Å². The van der Waals surface area contributed by atoms with Crippen LogP contribution >= 0.6 is 11.6 Å². The predicted octanol–water partition coefficient (Wildman–Crippen LogP) is 5.61. The third-order valence-corrected chi connectivity index (χ3v) is 5.30. The van der Waals surface area contributed by atoms with Crippen molar-refractivity contribution in [3.05, 3.63) is 65.3 Å². The lowest BCUT2D eigenvalue weighted by atomic mass is 10.2. The molecule has 2 aromatic carbocycles. The number of carbonyl (C=O) groups excluding carboxylic acids is 2. The number of carbonyl (C=O) groups is 2. The first-order valence-corrected chi connectivity index (χ1v) is 10.1. The molecule has 0 unspecified atom stereocenters. The molecule has 0 saturated carbocycles. The van der Waals surface area contributed by atoms with E-state index in [1.54, 1.807) is 44.4 Å². The van der Waals surface area contributed by atoms with E-state index in [1.807, 2.05) is 24.3 Å². The van der Waals surface area contributed by atoms with Gasteiger partial charge in [0, 0.05) is 36.2 Å². The van der Waals surface area contributed by atoms with Crippen LogP contribution in [0.15, 0.2) is 54.6 Å². The van der Waals surface area contributed by atoms with Crippen molar-refractivity contribution in [2.75, 3.05) is 19.4 Å². The molecule has 154 valence electrons. The Morgan fingerprint density at radius 1 is 1.00 bits per heavy atom. The molecule has 6 nitrogen and oxygen atoms in total. The Morgan fingerprint density at radius 2 is 1.73 bits per heavy atom. The van der Waals surface area contributed by atoms with Gasteiger partial charge in [0.1, 0.15) is 5.69 Å². The summed E-state index contributed by atoms with van der Waals surface area (Å²) in [5.41, 5.74) is 3.45. The van der Waals surface area contributed by atoms with Crippen LogP contribution in [0.2, 0.25) is 5.02 Å². The Balaban J connectivity index is 1.97. The fourth-order valence-electron chi connectivity index (χ4n) is 3.84. The number of anilines is 1. The average Bonchev–Trinajstić information content (AvgIpc) is 3.21. The summed E-state index contributed by atoms with van der Waals surface area (Å²) in [5.74, 6) is -0.372. The minimum Gasteiger partial charge on any atom is -0.337 e. The lowest BCUT2D eigenvalue weighted by molar-refractivity contribution is 0.101. The molecule has 2 amide bonds. The second kappa shape index (κ2) is 7.54. The van der Waals surface area contributed by atoms with E-state index in [9.17, 15) is 9.59 Å². The van der Waals surface area contributed by atoms with Gasteiger partial charge in [-0.2, -0.15) is 0 Å². The van der Waals surface area contributed by atoms with Crippen molar-refractivity contribution in [1.29, 1.82) is 0 Å². The molecular weight excluding hydrogens is 400 g/mol. The first kappa shape index (κ1) is 20.0. The van der Waals surface area contributed by atoms with Gasteiger partial charge < -0.3 is 14.8 Å². The Morgan fingerprint density at radius 3 is 2.40 bits per heavy atom.